The summed E-state index contributed by atoms with van der Waals surface area (Å²) in [4.78, 5) is 11.1. The maximum atomic E-state index is 11.5. The second kappa shape index (κ2) is 9.51. The summed E-state index contributed by atoms with van der Waals surface area (Å²) < 4.78 is 1.89. The number of rotatable bonds is 6. The molecule has 172 valence electrons. The predicted octanol–water partition coefficient (Wildman–Crippen LogP) is 6.21. The summed E-state index contributed by atoms with van der Waals surface area (Å²) in [5, 5.41) is 20.1. The van der Waals surface area contributed by atoms with Gasteiger partial charge in [-0.2, -0.15) is 5.10 Å². The van der Waals surface area contributed by atoms with Crippen molar-refractivity contribution in [3.05, 3.63) is 117 Å². The number of hydrogen-bond donors (Lipinski definition) is 1. The fraction of sp³-hybridized carbons (Fsp3) is 0.250. The largest absolute Gasteiger partial charge is 0.370 e. The van der Waals surface area contributed by atoms with Gasteiger partial charge in [-0.15, -0.1) is 0 Å². The third-order valence-corrected chi connectivity index (χ3v) is 6.65. The van der Waals surface area contributed by atoms with Crippen molar-refractivity contribution in [3.63, 3.8) is 0 Å². The van der Waals surface area contributed by atoms with Gasteiger partial charge in [-0.3, -0.25) is 10.1 Å². The van der Waals surface area contributed by atoms with Gasteiger partial charge in [-0.05, 0) is 42.9 Å². The van der Waals surface area contributed by atoms with Crippen LogP contribution in [0.25, 0.3) is 5.69 Å². The van der Waals surface area contributed by atoms with Gasteiger partial charge >= 0.3 is 0 Å². The fourth-order valence-corrected chi connectivity index (χ4v) is 4.84. The van der Waals surface area contributed by atoms with Crippen molar-refractivity contribution in [2.45, 2.75) is 38.5 Å². The Morgan fingerprint density at radius 1 is 1.00 bits per heavy atom. The quantitative estimate of drug-likeness (QED) is 0.279. The molecule has 0 saturated carbocycles. The van der Waals surface area contributed by atoms with Crippen LogP contribution in [0.2, 0.25) is 0 Å². The molecule has 0 atom stereocenters. The van der Waals surface area contributed by atoms with Crippen LogP contribution >= 0.6 is 0 Å². The molecule has 0 spiro atoms. The Balaban J connectivity index is 1.63. The lowest BCUT2D eigenvalue weighted by Crippen LogP contribution is -2.09. The van der Waals surface area contributed by atoms with E-state index >= 15 is 0 Å². The van der Waals surface area contributed by atoms with Gasteiger partial charge in [0.1, 0.15) is 5.82 Å². The Labute approximate surface area is 199 Å². The highest BCUT2D eigenvalue weighted by Crippen LogP contribution is 2.35. The minimum absolute atomic E-state index is 0.0754. The summed E-state index contributed by atoms with van der Waals surface area (Å²) in [5.74, 6) is 1.14. The van der Waals surface area contributed by atoms with Gasteiger partial charge in [0, 0.05) is 36.6 Å². The van der Waals surface area contributed by atoms with Gasteiger partial charge in [0.05, 0.1) is 16.3 Å². The number of nitrogens with zero attached hydrogens (tertiary/aromatic N) is 3. The molecule has 1 aliphatic rings. The van der Waals surface area contributed by atoms with Crippen LogP contribution in [0.4, 0.5) is 11.5 Å². The molecule has 0 bridgehead atoms. The van der Waals surface area contributed by atoms with Crippen LogP contribution in [0.1, 0.15) is 46.7 Å². The SMILES string of the molecule is Cc1ccc([N+](=O)[O-])cc1-n1nc(CC(c2ccccc2)c2ccccc2)c2c1NCCCC2. The van der Waals surface area contributed by atoms with Crippen LogP contribution in [-0.4, -0.2) is 21.2 Å². The van der Waals surface area contributed by atoms with E-state index in [2.05, 4.69) is 53.8 Å². The highest BCUT2D eigenvalue weighted by molar-refractivity contribution is 5.58. The average molecular weight is 453 g/mol. The minimum Gasteiger partial charge on any atom is -0.370 e. The molecule has 0 radical (unpaired) electrons. The standard InChI is InChI=1S/C28H28N4O2/c1-20-15-16-23(32(33)34)18-27(20)31-28-24(14-8-9-17-29-28)26(30-31)19-25(21-10-4-2-5-11-21)22-12-6-3-7-13-22/h2-7,10-13,15-16,18,25,29H,8-9,14,17,19H2,1H3. The first kappa shape index (κ1) is 21.9. The molecular weight excluding hydrogens is 424 g/mol. The normalized spacial score (nSPS) is 13.2. The van der Waals surface area contributed by atoms with E-state index < -0.39 is 0 Å². The summed E-state index contributed by atoms with van der Waals surface area (Å²) in [6.45, 7) is 2.84. The van der Waals surface area contributed by atoms with E-state index in [1.807, 2.05) is 23.7 Å². The molecule has 1 N–H and O–H groups in total. The second-order valence-corrected chi connectivity index (χ2v) is 8.88. The highest BCUT2D eigenvalue weighted by atomic mass is 16.6. The number of benzene rings is 3. The first-order valence-electron chi connectivity index (χ1n) is 11.8. The van der Waals surface area contributed by atoms with E-state index in [1.54, 1.807) is 18.2 Å². The van der Waals surface area contributed by atoms with Crippen molar-refractivity contribution in [3.8, 4) is 5.69 Å². The van der Waals surface area contributed by atoms with E-state index in [1.165, 1.54) is 16.7 Å². The molecule has 34 heavy (non-hydrogen) atoms. The van der Waals surface area contributed by atoms with Crippen molar-refractivity contribution in [1.29, 1.82) is 0 Å². The van der Waals surface area contributed by atoms with Gasteiger partial charge in [0.15, 0.2) is 0 Å². The van der Waals surface area contributed by atoms with E-state index in [9.17, 15) is 10.1 Å². The van der Waals surface area contributed by atoms with E-state index in [-0.39, 0.29) is 16.5 Å². The molecule has 4 aromatic rings. The van der Waals surface area contributed by atoms with Crippen LogP contribution in [0.3, 0.4) is 0 Å². The Morgan fingerprint density at radius 2 is 1.68 bits per heavy atom. The molecule has 0 amide bonds. The zero-order valence-corrected chi connectivity index (χ0v) is 19.3. The fourth-order valence-electron chi connectivity index (χ4n) is 4.84. The molecule has 1 aliphatic heterocycles. The lowest BCUT2D eigenvalue weighted by atomic mass is 9.86. The summed E-state index contributed by atoms with van der Waals surface area (Å²) >= 11 is 0. The van der Waals surface area contributed by atoms with Gasteiger partial charge < -0.3 is 5.32 Å². The van der Waals surface area contributed by atoms with Crippen LogP contribution in [0.5, 0.6) is 0 Å². The Bertz CT molecular complexity index is 1260. The first-order chi connectivity index (χ1) is 16.6. The van der Waals surface area contributed by atoms with Crippen molar-refractivity contribution in [2.75, 3.05) is 11.9 Å². The number of nitro benzene ring substituents is 1. The summed E-state index contributed by atoms with van der Waals surface area (Å²) in [6, 6.07) is 26.1. The number of fused-ring (bicyclic) bond motifs is 1. The number of hydrogen-bond acceptors (Lipinski definition) is 4. The predicted molar refractivity (Wildman–Crippen MR) is 135 cm³/mol. The molecule has 6 nitrogen and oxygen atoms in total. The third-order valence-electron chi connectivity index (χ3n) is 6.65. The smallest absolute Gasteiger partial charge is 0.271 e. The zero-order chi connectivity index (χ0) is 23.5. The lowest BCUT2D eigenvalue weighted by molar-refractivity contribution is -0.384. The van der Waals surface area contributed by atoms with Crippen molar-refractivity contribution < 1.29 is 4.92 Å². The van der Waals surface area contributed by atoms with E-state index in [4.69, 9.17) is 5.10 Å². The molecule has 1 aromatic heterocycles. The van der Waals surface area contributed by atoms with Crippen LogP contribution in [0.15, 0.2) is 78.9 Å². The van der Waals surface area contributed by atoms with Crippen LogP contribution < -0.4 is 5.32 Å². The highest BCUT2D eigenvalue weighted by Gasteiger charge is 2.25. The number of anilines is 1. The number of nitro groups is 1. The van der Waals surface area contributed by atoms with E-state index in [0.29, 0.717) is 0 Å². The van der Waals surface area contributed by atoms with Crippen molar-refractivity contribution in [2.24, 2.45) is 0 Å². The molecule has 2 heterocycles. The van der Waals surface area contributed by atoms with Crippen molar-refractivity contribution in [1.82, 2.24) is 9.78 Å². The first-order valence-corrected chi connectivity index (χ1v) is 11.8. The molecule has 5 rings (SSSR count). The molecular formula is C28H28N4O2. The van der Waals surface area contributed by atoms with Gasteiger partial charge in [-0.1, -0.05) is 66.7 Å². The summed E-state index contributed by atoms with van der Waals surface area (Å²) in [5.41, 5.74) is 6.56. The van der Waals surface area contributed by atoms with Gasteiger partial charge in [0.25, 0.3) is 5.69 Å². The minimum atomic E-state index is -0.347. The Hall–Kier alpha value is -3.93. The van der Waals surface area contributed by atoms with Gasteiger partial charge in [0.2, 0.25) is 0 Å². The monoisotopic (exact) mass is 452 g/mol. The number of non-ortho nitro benzene ring substituents is 1. The number of aromatic nitrogens is 2. The van der Waals surface area contributed by atoms with Gasteiger partial charge in [-0.25, -0.2) is 4.68 Å². The average Bonchev–Trinajstić information content (AvgIpc) is 3.02. The maximum Gasteiger partial charge on any atom is 0.271 e. The maximum absolute atomic E-state index is 11.5. The molecule has 0 fully saturated rings. The molecule has 6 heteroatoms. The third kappa shape index (κ3) is 4.31. The number of aryl methyl sites for hydroxylation is 1. The van der Waals surface area contributed by atoms with Crippen LogP contribution in [-0.2, 0) is 12.8 Å². The Kier molecular flexibility index (Phi) is 6.12. The topological polar surface area (TPSA) is 73.0 Å². The molecule has 0 unspecified atom stereocenters. The second-order valence-electron chi connectivity index (χ2n) is 8.88. The Morgan fingerprint density at radius 3 is 2.32 bits per heavy atom. The van der Waals surface area contributed by atoms with Crippen molar-refractivity contribution >= 4 is 11.5 Å². The molecule has 0 aliphatic carbocycles. The van der Waals surface area contributed by atoms with E-state index in [0.717, 1.165) is 55.0 Å². The zero-order valence-electron chi connectivity index (χ0n) is 19.3. The lowest BCUT2D eigenvalue weighted by Gasteiger charge is -2.18. The molecule has 3 aromatic carbocycles. The summed E-state index contributed by atoms with van der Waals surface area (Å²) in [7, 11) is 0. The summed E-state index contributed by atoms with van der Waals surface area (Å²) in [6.07, 6.45) is 3.89. The molecule has 0 saturated heterocycles. The number of nitrogens with one attached hydrogen (secondary N) is 1. The van der Waals surface area contributed by atoms with Crippen LogP contribution in [0, 0.1) is 17.0 Å².